The van der Waals surface area contributed by atoms with Gasteiger partial charge in [-0.05, 0) is 42.2 Å². The fourth-order valence-corrected chi connectivity index (χ4v) is 3.88. The van der Waals surface area contributed by atoms with Gasteiger partial charge in [0.1, 0.15) is 11.5 Å². The summed E-state index contributed by atoms with van der Waals surface area (Å²) in [5.74, 6) is 1.76. The van der Waals surface area contributed by atoms with Crippen LogP contribution in [0.2, 0.25) is 0 Å². The van der Waals surface area contributed by atoms with Crippen molar-refractivity contribution in [2.75, 3.05) is 6.54 Å². The second-order valence-corrected chi connectivity index (χ2v) is 7.20. The molecule has 0 saturated heterocycles. The van der Waals surface area contributed by atoms with Crippen molar-refractivity contribution in [2.24, 2.45) is 0 Å². The number of hydrogen-bond donors (Lipinski definition) is 1. The summed E-state index contributed by atoms with van der Waals surface area (Å²) in [5.41, 5.74) is 4.86. The van der Waals surface area contributed by atoms with Gasteiger partial charge in [-0.2, -0.15) is 5.10 Å². The van der Waals surface area contributed by atoms with Gasteiger partial charge in [0, 0.05) is 19.3 Å². The SMILES string of the molecule is Cc1ccc(-c2[nH]nc3ncc4c(c23)CCN(C(=O)Cc2ccccc2)C4)o1. The zero-order valence-electron chi connectivity index (χ0n) is 15.6. The predicted octanol–water partition coefficient (Wildman–Crippen LogP) is 3.65. The zero-order chi connectivity index (χ0) is 19.1. The topological polar surface area (TPSA) is 75.0 Å². The van der Waals surface area contributed by atoms with Crippen LogP contribution < -0.4 is 0 Å². The number of hydrogen-bond acceptors (Lipinski definition) is 4. The van der Waals surface area contributed by atoms with Crippen molar-refractivity contribution in [1.82, 2.24) is 20.1 Å². The molecule has 6 heteroatoms. The molecule has 1 aromatic carbocycles. The van der Waals surface area contributed by atoms with E-state index in [9.17, 15) is 4.79 Å². The number of pyridine rings is 1. The van der Waals surface area contributed by atoms with Crippen LogP contribution in [0.25, 0.3) is 22.5 Å². The summed E-state index contributed by atoms with van der Waals surface area (Å²) in [6.07, 6.45) is 3.05. The number of rotatable bonds is 3. The first kappa shape index (κ1) is 16.7. The summed E-state index contributed by atoms with van der Waals surface area (Å²) in [6, 6.07) is 13.8. The Hall–Kier alpha value is -3.41. The Morgan fingerprint density at radius 3 is 2.86 bits per heavy atom. The molecule has 1 N–H and O–H groups in total. The summed E-state index contributed by atoms with van der Waals surface area (Å²) in [6.45, 7) is 3.19. The number of furan rings is 1. The summed E-state index contributed by atoms with van der Waals surface area (Å²) < 4.78 is 5.79. The first-order chi connectivity index (χ1) is 13.7. The van der Waals surface area contributed by atoms with E-state index in [2.05, 4.69) is 15.2 Å². The van der Waals surface area contributed by atoms with E-state index < -0.39 is 0 Å². The minimum atomic E-state index is 0.144. The number of carbonyl (C=O) groups excluding carboxylic acids is 1. The van der Waals surface area contributed by atoms with Crippen molar-refractivity contribution >= 4 is 16.9 Å². The van der Waals surface area contributed by atoms with E-state index in [1.807, 2.05) is 60.5 Å². The zero-order valence-corrected chi connectivity index (χ0v) is 15.6. The number of aromatic nitrogens is 3. The van der Waals surface area contributed by atoms with Crippen molar-refractivity contribution in [3.05, 3.63) is 71.1 Å². The Morgan fingerprint density at radius 2 is 2.07 bits per heavy atom. The van der Waals surface area contributed by atoms with E-state index in [0.29, 0.717) is 25.2 Å². The molecule has 1 aliphatic heterocycles. The molecule has 0 aliphatic carbocycles. The average molecular weight is 372 g/mol. The highest BCUT2D eigenvalue weighted by molar-refractivity contribution is 5.93. The van der Waals surface area contributed by atoms with Crippen molar-refractivity contribution in [1.29, 1.82) is 0 Å². The first-order valence-corrected chi connectivity index (χ1v) is 9.42. The molecule has 6 nitrogen and oxygen atoms in total. The fraction of sp³-hybridized carbons (Fsp3) is 0.227. The third-order valence-corrected chi connectivity index (χ3v) is 5.31. The van der Waals surface area contributed by atoms with Crippen LogP contribution in [0.5, 0.6) is 0 Å². The Bertz CT molecular complexity index is 1160. The molecule has 0 saturated carbocycles. The predicted molar refractivity (Wildman–Crippen MR) is 106 cm³/mol. The minimum absolute atomic E-state index is 0.144. The molecular weight excluding hydrogens is 352 g/mol. The highest BCUT2D eigenvalue weighted by Gasteiger charge is 2.25. The van der Waals surface area contributed by atoms with Crippen LogP contribution in [0.1, 0.15) is 22.5 Å². The van der Waals surface area contributed by atoms with E-state index in [1.165, 1.54) is 5.56 Å². The number of carbonyl (C=O) groups is 1. The van der Waals surface area contributed by atoms with E-state index >= 15 is 0 Å². The molecular formula is C22H20N4O2. The highest BCUT2D eigenvalue weighted by Crippen LogP contribution is 2.33. The van der Waals surface area contributed by atoms with Crippen molar-refractivity contribution in [3.63, 3.8) is 0 Å². The van der Waals surface area contributed by atoms with Crippen LogP contribution in [0.4, 0.5) is 0 Å². The van der Waals surface area contributed by atoms with Gasteiger partial charge >= 0.3 is 0 Å². The van der Waals surface area contributed by atoms with Crippen LogP contribution in [-0.2, 0) is 24.2 Å². The van der Waals surface area contributed by atoms with Gasteiger partial charge in [0.25, 0.3) is 0 Å². The van der Waals surface area contributed by atoms with Crippen LogP contribution in [0.3, 0.4) is 0 Å². The van der Waals surface area contributed by atoms with Gasteiger partial charge in [-0.3, -0.25) is 9.89 Å². The van der Waals surface area contributed by atoms with Gasteiger partial charge < -0.3 is 9.32 Å². The molecule has 0 radical (unpaired) electrons. The summed E-state index contributed by atoms with van der Waals surface area (Å²) >= 11 is 0. The van der Waals surface area contributed by atoms with E-state index in [0.717, 1.165) is 40.1 Å². The fourth-order valence-electron chi connectivity index (χ4n) is 3.88. The molecule has 0 bridgehead atoms. The van der Waals surface area contributed by atoms with Crippen molar-refractivity contribution in [3.8, 4) is 11.5 Å². The van der Waals surface area contributed by atoms with Crippen molar-refractivity contribution < 1.29 is 9.21 Å². The van der Waals surface area contributed by atoms with Gasteiger partial charge in [-0.25, -0.2) is 4.98 Å². The Balaban J connectivity index is 1.46. The smallest absolute Gasteiger partial charge is 0.227 e. The molecule has 5 rings (SSSR count). The summed E-state index contributed by atoms with van der Waals surface area (Å²) in [7, 11) is 0. The van der Waals surface area contributed by atoms with E-state index in [-0.39, 0.29) is 5.91 Å². The van der Waals surface area contributed by atoms with Gasteiger partial charge in [0.2, 0.25) is 5.91 Å². The van der Waals surface area contributed by atoms with Gasteiger partial charge in [0.15, 0.2) is 11.4 Å². The van der Waals surface area contributed by atoms with E-state index in [1.54, 1.807) is 0 Å². The molecule has 1 amide bonds. The maximum atomic E-state index is 12.8. The second-order valence-electron chi connectivity index (χ2n) is 7.20. The number of nitrogens with one attached hydrogen (secondary N) is 1. The molecule has 0 unspecified atom stereocenters. The van der Waals surface area contributed by atoms with Gasteiger partial charge in [-0.1, -0.05) is 30.3 Å². The number of aryl methyl sites for hydroxylation is 1. The standard InChI is InChI=1S/C22H20N4O2/c1-14-7-8-18(28-14)21-20-17-9-10-26(13-16(17)12-23-22(20)25-24-21)19(27)11-15-5-3-2-4-6-15/h2-8,12H,9-11,13H2,1H3,(H,23,24,25). The molecule has 1 aliphatic rings. The Kier molecular flexibility index (Phi) is 3.97. The largest absolute Gasteiger partial charge is 0.460 e. The number of fused-ring (bicyclic) bond motifs is 3. The quantitative estimate of drug-likeness (QED) is 0.596. The van der Waals surface area contributed by atoms with Crippen LogP contribution >= 0.6 is 0 Å². The normalized spacial score (nSPS) is 13.7. The molecule has 140 valence electrons. The third-order valence-electron chi connectivity index (χ3n) is 5.31. The number of nitrogens with zero attached hydrogens (tertiary/aromatic N) is 3. The molecule has 0 fully saturated rings. The molecule has 4 aromatic rings. The second kappa shape index (κ2) is 6.64. The van der Waals surface area contributed by atoms with Crippen LogP contribution in [-0.4, -0.2) is 32.5 Å². The number of benzene rings is 1. The lowest BCUT2D eigenvalue weighted by Gasteiger charge is -2.29. The summed E-state index contributed by atoms with van der Waals surface area (Å²) in [5, 5.41) is 8.42. The van der Waals surface area contributed by atoms with Crippen LogP contribution in [0, 0.1) is 6.92 Å². The van der Waals surface area contributed by atoms with Crippen molar-refractivity contribution in [2.45, 2.75) is 26.3 Å². The maximum absolute atomic E-state index is 12.8. The lowest BCUT2D eigenvalue weighted by atomic mass is 9.96. The lowest BCUT2D eigenvalue weighted by molar-refractivity contribution is -0.131. The van der Waals surface area contributed by atoms with Gasteiger partial charge in [-0.15, -0.1) is 0 Å². The van der Waals surface area contributed by atoms with Crippen LogP contribution in [0.15, 0.2) is 53.1 Å². The number of amides is 1. The molecule has 3 aromatic heterocycles. The lowest BCUT2D eigenvalue weighted by Crippen LogP contribution is -2.37. The Morgan fingerprint density at radius 1 is 1.21 bits per heavy atom. The van der Waals surface area contributed by atoms with Gasteiger partial charge in [0.05, 0.1) is 11.8 Å². The summed E-state index contributed by atoms with van der Waals surface area (Å²) in [4.78, 5) is 19.2. The van der Waals surface area contributed by atoms with E-state index in [4.69, 9.17) is 4.42 Å². The molecule has 28 heavy (non-hydrogen) atoms. The number of aromatic amines is 1. The highest BCUT2D eigenvalue weighted by atomic mass is 16.3. The molecule has 0 spiro atoms. The number of H-pyrrole nitrogens is 1. The first-order valence-electron chi connectivity index (χ1n) is 9.42. The average Bonchev–Trinajstić information content (AvgIpc) is 3.34. The third kappa shape index (κ3) is 2.87. The molecule has 0 atom stereocenters. The maximum Gasteiger partial charge on any atom is 0.227 e. The monoisotopic (exact) mass is 372 g/mol. The molecule has 4 heterocycles. The minimum Gasteiger partial charge on any atom is -0.460 e. The Labute approximate surface area is 162 Å².